The van der Waals surface area contributed by atoms with Gasteiger partial charge in [-0.1, -0.05) is 6.07 Å². The van der Waals surface area contributed by atoms with Crippen LogP contribution in [0.5, 0.6) is 5.75 Å². The molecule has 1 fully saturated rings. The van der Waals surface area contributed by atoms with E-state index in [9.17, 15) is 0 Å². The predicted molar refractivity (Wildman–Crippen MR) is 79.8 cm³/mol. The summed E-state index contributed by atoms with van der Waals surface area (Å²) in [6.07, 6.45) is 2.54. The fourth-order valence-corrected chi connectivity index (χ4v) is 2.64. The standard InChI is InChI=1S/C16H23N3O/c1-18-8-4-6-15(13-18)19(2)9-10-20-16-7-3-5-14(11-16)12-17/h3,5,7,11,15H,4,6,8-10,13H2,1-2H3. The Morgan fingerprint density at radius 2 is 2.35 bits per heavy atom. The van der Waals surface area contributed by atoms with Gasteiger partial charge < -0.3 is 9.64 Å². The van der Waals surface area contributed by atoms with E-state index in [4.69, 9.17) is 10.00 Å². The summed E-state index contributed by atoms with van der Waals surface area (Å²) in [6, 6.07) is 10.1. The third-order valence-electron chi connectivity index (χ3n) is 3.90. The molecule has 1 unspecified atom stereocenters. The van der Waals surface area contributed by atoms with Crippen LogP contribution >= 0.6 is 0 Å². The lowest BCUT2D eigenvalue weighted by molar-refractivity contribution is 0.119. The highest BCUT2D eigenvalue weighted by atomic mass is 16.5. The van der Waals surface area contributed by atoms with E-state index in [0.29, 0.717) is 18.2 Å². The topological polar surface area (TPSA) is 39.5 Å². The Kier molecular flexibility index (Phi) is 5.40. The first-order valence-electron chi connectivity index (χ1n) is 7.21. The maximum absolute atomic E-state index is 8.85. The van der Waals surface area contributed by atoms with Crippen molar-refractivity contribution in [1.82, 2.24) is 9.80 Å². The summed E-state index contributed by atoms with van der Waals surface area (Å²) in [5, 5.41) is 8.85. The lowest BCUT2D eigenvalue weighted by atomic mass is 10.1. The third kappa shape index (κ3) is 4.22. The summed E-state index contributed by atoms with van der Waals surface area (Å²) in [4.78, 5) is 4.77. The number of rotatable bonds is 5. The minimum absolute atomic E-state index is 0.628. The molecule has 0 aliphatic carbocycles. The summed E-state index contributed by atoms with van der Waals surface area (Å²) in [7, 11) is 4.35. The van der Waals surface area contributed by atoms with E-state index >= 15 is 0 Å². The van der Waals surface area contributed by atoms with Crippen LogP contribution in [0.2, 0.25) is 0 Å². The lowest BCUT2D eigenvalue weighted by Crippen LogP contribution is -2.46. The Morgan fingerprint density at radius 3 is 3.10 bits per heavy atom. The zero-order valence-electron chi connectivity index (χ0n) is 12.4. The smallest absolute Gasteiger partial charge is 0.120 e. The first kappa shape index (κ1) is 14.8. The van der Waals surface area contributed by atoms with E-state index in [2.05, 4.69) is 30.0 Å². The molecule has 1 aliphatic heterocycles. The molecule has 1 aromatic rings. The molecular weight excluding hydrogens is 250 g/mol. The Balaban J connectivity index is 1.76. The number of hydrogen-bond acceptors (Lipinski definition) is 4. The highest BCUT2D eigenvalue weighted by molar-refractivity contribution is 5.36. The fraction of sp³-hybridized carbons (Fsp3) is 0.562. The van der Waals surface area contributed by atoms with Crippen molar-refractivity contribution >= 4 is 0 Å². The molecule has 0 aromatic heterocycles. The molecule has 0 bridgehead atoms. The van der Waals surface area contributed by atoms with E-state index in [1.54, 1.807) is 12.1 Å². The normalized spacial score (nSPS) is 19.8. The average Bonchev–Trinajstić information content (AvgIpc) is 2.47. The fourth-order valence-electron chi connectivity index (χ4n) is 2.64. The van der Waals surface area contributed by atoms with Gasteiger partial charge in [-0.15, -0.1) is 0 Å². The van der Waals surface area contributed by atoms with Crippen LogP contribution in [0, 0.1) is 11.3 Å². The number of nitrogens with zero attached hydrogens (tertiary/aromatic N) is 3. The molecule has 0 saturated carbocycles. The van der Waals surface area contributed by atoms with Gasteiger partial charge in [-0.25, -0.2) is 0 Å². The molecular formula is C16H23N3O. The number of ether oxygens (including phenoxy) is 1. The third-order valence-corrected chi connectivity index (χ3v) is 3.90. The van der Waals surface area contributed by atoms with E-state index < -0.39 is 0 Å². The molecule has 0 N–H and O–H groups in total. The van der Waals surface area contributed by atoms with Gasteiger partial charge >= 0.3 is 0 Å². The molecule has 2 rings (SSSR count). The van der Waals surface area contributed by atoms with Crippen LogP contribution in [0.15, 0.2) is 24.3 Å². The second-order valence-corrected chi connectivity index (χ2v) is 5.53. The molecule has 0 amide bonds. The van der Waals surface area contributed by atoms with Crippen molar-refractivity contribution in [1.29, 1.82) is 5.26 Å². The first-order valence-corrected chi connectivity index (χ1v) is 7.21. The van der Waals surface area contributed by atoms with Gasteiger partial charge in [0, 0.05) is 19.1 Å². The zero-order valence-corrected chi connectivity index (χ0v) is 12.4. The summed E-state index contributed by atoms with van der Waals surface area (Å²) in [5.41, 5.74) is 0.643. The van der Waals surface area contributed by atoms with Crippen LogP contribution in [0.3, 0.4) is 0 Å². The minimum atomic E-state index is 0.628. The molecule has 1 heterocycles. The first-order chi connectivity index (χ1) is 9.69. The van der Waals surface area contributed by atoms with Crippen molar-refractivity contribution in [3.8, 4) is 11.8 Å². The molecule has 1 aromatic carbocycles. The largest absolute Gasteiger partial charge is 0.492 e. The molecule has 1 saturated heterocycles. The maximum Gasteiger partial charge on any atom is 0.120 e. The van der Waals surface area contributed by atoms with E-state index in [1.165, 1.54) is 19.4 Å². The van der Waals surface area contributed by atoms with Crippen LogP contribution in [-0.2, 0) is 0 Å². The Bertz CT molecular complexity index is 469. The molecule has 1 atom stereocenters. The average molecular weight is 273 g/mol. The maximum atomic E-state index is 8.85. The van der Waals surface area contributed by atoms with Gasteiger partial charge in [0.15, 0.2) is 0 Å². The SMILES string of the molecule is CN1CCCC(N(C)CCOc2cccc(C#N)c2)C1. The van der Waals surface area contributed by atoms with Crippen molar-refractivity contribution in [2.24, 2.45) is 0 Å². The molecule has 4 nitrogen and oxygen atoms in total. The second-order valence-electron chi connectivity index (χ2n) is 5.53. The van der Waals surface area contributed by atoms with Crippen LogP contribution in [0.25, 0.3) is 0 Å². The van der Waals surface area contributed by atoms with Gasteiger partial charge in [0.2, 0.25) is 0 Å². The number of benzene rings is 1. The Morgan fingerprint density at radius 1 is 1.50 bits per heavy atom. The van der Waals surface area contributed by atoms with E-state index in [0.717, 1.165) is 18.8 Å². The van der Waals surface area contributed by atoms with E-state index in [1.807, 2.05) is 12.1 Å². The number of likely N-dealkylation sites (N-methyl/N-ethyl adjacent to an activating group) is 2. The summed E-state index contributed by atoms with van der Waals surface area (Å²) in [5.74, 6) is 0.776. The van der Waals surface area contributed by atoms with Gasteiger partial charge in [-0.05, 0) is 51.7 Å². The lowest BCUT2D eigenvalue weighted by Gasteiger charge is -2.35. The van der Waals surface area contributed by atoms with Crippen LogP contribution in [-0.4, -0.2) is 56.2 Å². The van der Waals surface area contributed by atoms with Crippen molar-refractivity contribution in [2.45, 2.75) is 18.9 Å². The number of piperidine rings is 1. The zero-order chi connectivity index (χ0) is 14.4. The Labute approximate surface area is 121 Å². The Hall–Kier alpha value is -1.57. The second kappa shape index (κ2) is 7.28. The highest BCUT2D eigenvalue weighted by Gasteiger charge is 2.20. The van der Waals surface area contributed by atoms with Crippen molar-refractivity contribution in [3.63, 3.8) is 0 Å². The van der Waals surface area contributed by atoms with Crippen LogP contribution in [0.1, 0.15) is 18.4 Å². The minimum Gasteiger partial charge on any atom is -0.492 e. The molecule has 1 aliphatic rings. The molecule has 4 heteroatoms. The van der Waals surface area contributed by atoms with Crippen LogP contribution in [0.4, 0.5) is 0 Å². The van der Waals surface area contributed by atoms with Crippen LogP contribution < -0.4 is 4.74 Å². The summed E-state index contributed by atoms with van der Waals surface area (Å²) in [6.45, 7) is 3.92. The van der Waals surface area contributed by atoms with Gasteiger partial charge in [-0.2, -0.15) is 5.26 Å². The van der Waals surface area contributed by atoms with Gasteiger partial charge in [0.1, 0.15) is 12.4 Å². The number of hydrogen-bond donors (Lipinski definition) is 0. The molecule has 20 heavy (non-hydrogen) atoms. The van der Waals surface area contributed by atoms with E-state index in [-0.39, 0.29) is 0 Å². The highest BCUT2D eigenvalue weighted by Crippen LogP contribution is 2.14. The number of nitriles is 1. The monoisotopic (exact) mass is 273 g/mol. The quantitative estimate of drug-likeness (QED) is 0.822. The van der Waals surface area contributed by atoms with Crippen molar-refractivity contribution < 1.29 is 4.74 Å². The summed E-state index contributed by atoms with van der Waals surface area (Å²) >= 11 is 0. The van der Waals surface area contributed by atoms with Gasteiger partial charge in [0.05, 0.1) is 11.6 Å². The predicted octanol–water partition coefficient (Wildman–Crippen LogP) is 1.96. The van der Waals surface area contributed by atoms with Crippen molar-refractivity contribution in [2.75, 3.05) is 40.3 Å². The van der Waals surface area contributed by atoms with Gasteiger partial charge in [0.25, 0.3) is 0 Å². The molecule has 0 radical (unpaired) electrons. The van der Waals surface area contributed by atoms with Gasteiger partial charge in [-0.3, -0.25) is 4.90 Å². The van der Waals surface area contributed by atoms with Crippen molar-refractivity contribution in [3.05, 3.63) is 29.8 Å². The number of likely N-dealkylation sites (tertiary alicyclic amines) is 1. The molecule has 0 spiro atoms. The summed E-state index contributed by atoms with van der Waals surface area (Å²) < 4.78 is 5.73. The molecule has 108 valence electrons.